The van der Waals surface area contributed by atoms with Crippen molar-refractivity contribution in [3.63, 3.8) is 0 Å². The highest BCUT2D eigenvalue weighted by Gasteiger charge is 2.31. The first kappa shape index (κ1) is 23.3. The number of ether oxygens (including phenoxy) is 1. The number of para-hydroxylation sites is 2. The molecule has 0 N–H and O–H groups in total. The number of anilines is 2. The van der Waals surface area contributed by atoms with Crippen molar-refractivity contribution in [1.82, 2.24) is 25.1 Å². The molecule has 4 aromatic rings. The fourth-order valence-electron chi connectivity index (χ4n) is 4.66. The summed E-state index contributed by atoms with van der Waals surface area (Å²) in [5.41, 5.74) is 3.51. The van der Waals surface area contributed by atoms with Crippen molar-refractivity contribution in [2.24, 2.45) is 0 Å². The molecule has 0 aliphatic carbocycles. The van der Waals surface area contributed by atoms with Gasteiger partial charge in [0.2, 0.25) is 0 Å². The third-order valence-electron chi connectivity index (χ3n) is 6.52. The molecule has 1 aliphatic rings. The molecular formula is C26H31N7OS. The predicted molar refractivity (Wildman–Crippen MR) is 141 cm³/mol. The highest BCUT2D eigenvalue weighted by molar-refractivity contribution is 7.09. The second kappa shape index (κ2) is 10.5. The van der Waals surface area contributed by atoms with E-state index < -0.39 is 0 Å². The van der Waals surface area contributed by atoms with Crippen LogP contribution in [-0.4, -0.2) is 72.5 Å². The van der Waals surface area contributed by atoms with Gasteiger partial charge in [0.05, 0.1) is 25.4 Å². The van der Waals surface area contributed by atoms with E-state index in [0.29, 0.717) is 6.54 Å². The third kappa shape index (κ3) is 5.01. The highest BCUT2D eigenvalue weighted by atomic mass is 32.1. The Morgan fingerprint density at radius 3 is 2.43 bits per heavy atom. The molecule has 1 saturated heterocycles. The van der Waals surface area contributed by atoms with Gasteiger partial charge in [-0.05, 0) is 51.7 Å². The summed E-state index contributed by atoms with van der Waals surface area (Å²) in [5.74, 6) is 1.79. The van der Waals surface area contributed by atoms with Crippen LogP contribution in [0, 0.1) is 0 Å². The van der Waals surface area contributed by atoms with Crippen LogP contribution in [0.15, 0.2) is 66.0 Å². The molecule has 0 amide bonds. The maximum atomic E-state index is 5.61. The average Bonchev–Trinajstić information content (AvgIpc) is 3.58. The van der Waals surface area contributed by atoms with Crippen LogP contribution in [0.5, 0.6) is 5.75 Å². The standard InChI is InChI=1S/C26H31N7OS/c1-30(2)21-12-10-20(11-13-21)25(26-27-28-29-33(26)19-22-7-6-18-35-22)32-16-14-31(15-17-32)23-8-4-5-9-24(23)34-3/h4-13,18,25H,14-17,19H2,1-3H3/t25-/m1/s1. The lowest BCUT2D eigenvalue weighted by atomic mass is 10.0. The summed E-state index contributed by atoms with van der Waals surface area (Å²) in [6.45, 7) is 4.26. The number of tetrazole rings is 1. The normalized spacial score (nSPS) is 15.2. The monoisotopic (exact) mass is 489 g/mol. The van der Waals surface area contributed by atoms with Gasteiger partial charge in [-0.2, -0.15) is 0 Å². The van der Waals surface area contributed by atoms with Gasteiger partial charge in [-0.1, -0.05) is 30.3 Å². The van der Waals surface area contributed by atoms with E-state index in [9.17, 15) is 0 Å². The second-order valence-electron chi connectivity index (χ2n) is 8.86. The number of nitrogens with zero attached hydrogens (tertiary/aromatic N) is 7. The summed E-state index contributed by atoms with van der Waals surface area (Å²) in [6.07, 6.45) is 0. The van der Waals surface area contributed by atoms with Gasteiger partial charge in [0.1, 0.15) is 5.75 Å². The number of rotatable bonds is 8. The molecule has 1 aliphatic heterocycles. The summed E-state index contributed by atoms with van der Waals surface area (Å²) in [6, 6.07) is 21.2. The zero-order chi connectivity index (χ0) is 24.2. The molecule has 8 nitrogen and oxygen atoms in total. The lowest BCUT2D eigenvalue weighted by Gasteiger charge is -2.40. The number of hydrogen-bond acceptors (Lipinski definition) is 8. The fraction of sp³-hybridized carbons (Fsp3) is 0.346. The van der Waals surface area contributed by atoms with E-state index in [1.807, 2.05) is 16.8 Å². The fourth-order valence-corrected chi connectivity index (χ4v) is 5.35. The molecule has 0 spiro atoms. The molecule has 2 aromatic carbocycles. The van der Waals surface area contributed by atoms with Crippen LogP contribution >= 0.6 is 11.3 Å². The minimum Gasteiger partial charge on any atom is -0.495 e. The predicted octanol–water partition coefficient (Wildman–Crippen LogP) is 3.77. The van der Waals surface area contributed by atoms with Gasteiger partial charge in [0, 0.05) is 50.8 Å². The molecule has 0 saturated carbocycles. The Balaban J connectivity index is 1.43. The topological polar surface area (TPSA) is 62.6 Å². The van der Waals surface area contributed by atoms with Crippen molar-refractivity contribution in [3.05, 3.63) is 82.3 Å². The Labute approximate surface area is 210 Å². The third-order valence-corrected chi connectivity index (χ3v) is 7.38. The van der Waals surface area contributed by atoms with Crippen molar-refractivity contribution >= 4 is 22.7 Å². The van der Waals surface area contributed by atoms with Gasteiger partial charge in [-0.3, -0.25) is 4.90 Å². The number of methoxy groups -OCH3 is 1. The number of aromatic nitrogens is 4. The molecule has 0 radical (unpaired) electrons. The Kier molecular flexibility index (Phi) is 6.96. The van der Waals surface area contributed by atoms with Crippen molar-refractivity contribution in [2.75, 3.05) is 57.2 Å². The molecule has 0 bridgehead atoms. The van der Waals surface area contributed by atoms with Crippen LogP contribution in [0.2, 0.25) is 0 Å². The van der Waals surface area contributed by atoms with E-state index in [2.05, 4.69) is 98.2 Å². The average molecular weight is 490 g/mol. The van der Waals surface area contributed by atoms with Gasteiger partial charge >= 0.3 is 0 Å². The zero-order valence-corrected chi connectivity index (χ0v) is 21.2. The quantitative estimate of drug-likeness (QED) is 0.373. The maximum absolute atomic E-state index is 5.61. The van der Waals surface area contributed by atoms with Crippen molar-refractivity contribution in [2.45, 2.75) is 12.6 Å². The minimum atomic E-state index is -0.0269. The van der Waals surface area contributed by atoms with Gasteiger partial charge in [0.25, 0.3) is 0 Å². The SMILES string of the molecule is COc1ccccc1N1CCN([C@H](c2ccc(N(C)C)cc2)c2nnnn2Cc2cccs2)CC1. The molecule has 3 heterocycles. The van der Waals surface area contributed by atoms with Gasteiger partial charge < -0.3 is 14.5 Å². The lowest BCUT2D eigenvalue weighted by molar-refractivity contribution is 0.201. The molecule has 182 valence electrons. The van der Waals surface area contributed by atoms with E-state index in [-0.39, 0.29) is 6.04 Å². The number of hydrogen-bond donors (Lipinski definition) is 0. The lowest BCUT2D eigenvalue weighted by Crippen LogP contribution is -2.48. The van der Waals surface area contributed by atoms with Crippen LogP contribution < -0.4 is 14.5 Å². The molecule has 5 rings (SSSR count). The van der Waals surface area contributed by atoms with Crippen molar-refractivity contribution in [1.29, 1.82) is 0 Å². The molecular weight excluding hydrogens is 458 g/mol. The number of thiophene rings is 1. The Morgan fingerprint density at radius 2 is 1.74 bits per heavy atom. The molecule has 0 unspecified atom stereocenters. The summed E-state index contributed by atoms with van der Waals surface area (Å²) >= 11 is 1.73. The molecule has 1 fully saturated rings. The highest BCUT2D eigenvalue weighted by Crippen LogP contribution is 2.33. The van der Waals surface area contributed by atoms with Crippen LogP contribution in [-0.2, 0) is 6.54 Å². The van der Waals surface area contributed by atoms with Crippen molar-refractivity contribution < 1.29 is 4.74 Å². The van der Waals surface area contributed by atoms with E-state index in [1.54, 1.807) is 18.4 Å². The van der Waals surface area contributed by atoms with Gasteiger partial charge in [-0.25, -0.2) is 4.68 Å². The minimum absolute atomic E-state index is 0.0269. The van der Waals surface area contributed by atoms with E-state index in [4.69, 9.17) is 4.74 Å². The molecule has 9 heteroatoms. The summed E-state index contributed by atoms with van der Waals surface area (Å²) in [4.78, 5) is 8.25. The van der Waals surface area contributed by atoms with E-state index in [1.165, 1.54) is 16.1 Å². The zero-order valence-electron chi connectivity index (χ0n) is 20.4. The molecule has 35 heavy (non-hydrogen) atoms. The van der Waals surface area contributed by atoms with Crippen LogP contribution in [0.1, 0.15) is 22.3 Å². The first-order valence-corrected chi connectivity index (χ1v) is 12.7. The number of piperazine rings is 1. The Morgan fingerprint density at radius 1 is 0.971 bits per heavy atom. The first-order chi connectivity index (χ1) is 17.1. The molecule has 2 aromatic heterocycles. The van der Waals surface area contributed by atoms with Gasteiger partial charge in [-0.15, -0.1) is 16.4 Å². The Bertz CT molecular complexity index is 1210. The van der Waals surface area contributed by atoms with Crippen LogP contribution in [0.3, 0.4) is 0 Å². The largest absolute Gasteiger partial charge is 0.495 e. The maximum Gasteiger partial charge on any atom is 0.173 e. The first-order valence-electron chi connectivity index (χ1n) is 11.8. The number of benzene rings is 2. The summed E-state index contributed by atoms with van der Waals surface area (Å²) in [7, 11) is 5.85. The smallest absolute Gasteiger partial charge is 0.173 e. The van der Waals surface area contributed by atoms with E-state index in [0.717, 1.165) is 43.4 Å². The van der Waals surface area contributed by atoms with Crippen molar-refractivity contribution in [3.8, 4) is 5.75 Å². The summed E-state index contributed by atoms with van der Waals surface area (Å²) < 4.78 is 7.56. The summed E-state index contributed by atoms with van der Waals surface area (Å²) in [5, 5.41) is 15.1. The van der Waals surface area contributed by atoms with Gasteiger partial charge in [0.15, 0.2) is 5.82 Å². The molecule has 1 atom stereocenters. The van der Waals surface area contributed by atoms with E-state index >= 15 is 0 Å². The van der Waals surface area contributed by atoms with Crippen LogP contribution in [0.4, 0.5) is 11.4 Å². The Hall–Kier alpha value is -3.43. The second-order valence-corrected chi connectivity index (χ2v) is 9.89. The van der Waals surface area contributed by atoms with Crippen LogP contribution in [0.25, 0.3) is 0 Å².